The van der Waals surface area contributed by atoms with Crippen molar-refractivity contribution in [1.29, 1.82) is 0 Å². The quantitative estimate of drug-likeness (QED) is 0.854. The number of rotatable bonds is 3. The van der Waals surface area contributed by atoms with E-state index in [1.807, 2.05) is 0 Å². The Kier molecular flexibility index (Phi) is 3.88. The number of piperazine rings is 1. The SMILES string of the molecule is CCCc1cc2ccccc2nc1N1CCN(C)CC1. The Labute approximate surface area is 121 Å². The predicted molar refractivity (Wildman–Crippen MR) is 85.4 cm³/mol. The van der Waals surface area contributed by atoms with Crippen LogP contribution < -0.4 is 4.90 Å². The van der Waals surface area contributed by atoms with E-state index in [-0.39, 0.29) is 0 Å². The highest BCUT2D eigenvalue weighted by Crippen LogP contribution is 2.25. The third-order valence-corrected chi connectivity index (χ3v) is 4.10. The van der Waals surface area contributed by atoms with Gasteiger partial charge in [0.25, 0.3) is 0 Å². The number of nitrogens with zero attached hydrogens (tertiary/aromatic N) is 3. The Morgan fingerprint density at radius 2 is 1.85 bits per heavy atom. The molecule has 0 bridgehead atoms. The minimum absolute atomic E-state index is 1.08. The van der Waals surface area contributed by atoms with Crippen LogP contribution in [0.2, 0.25) is 0 Å². The van der Waals surface area contributed by atoms with Crippen LogP contribution in [0.5, 0.6) is 0 Å². The molecule has 1 aromatic carbocycles. The Morgan fingerprint density at radius 1 is 1.10 bits per heavy atom. The Morgan fingerprint density at radius 3 is 2.60 bits per heavy atom. The van der Waals surface area contributed by atoms with Crippen molar-refractivity contribution >= 4 is 16.7 Å². The molecule has 0 spiro atoms. The number of benzene rings is 1. The van der Waals surface area contributed by atoms with Crippen LogP contribution in [-0.4, -0.2) is 43.1 Å². The van der Waals surface area contributed by atoms with Crippen molar-refractivity contribution in [1.82, 2.24) is 9.88 Å². The summed E-state index contributed by atoms with van der Waals surface area (Å²) in [5.74, 6) is 1.21. The number of para-hydroxylation sites is 1. The fourth-order valence-corrected chi connectivity index (χ4v) is 2.89. The molecule has 1 aliphatic heterocycles. The van der Waals surface area contributed by atoms with E-state index in [0.717, 1.165) is 38.1 Å². The smallest absolute Gasteiger partial charge is 0.132 e. The normalized spacial score (nSPS) is 16.8. The summed E-state index contributed by atoms with van der Waals surface area (Å²) in [6.07, 6.45) is 2.28. The van der Waals surface area contributed by atoms with E-state index in [2.05, 4.69) is 54.1 Å². The van der Waals surface area contributed by atoms with Crippen LogP contribution in [0.25, 0.3) is 10.9 Å². The average molecular weight is 269 g/mol. The van der Waals surface area contributed by atoms with Crippen LogP contribution in [0.1, 0.15) is 18.9 Å². The predicted octanol–water partition coefficient (Wildman–Crippen LogP) is 2.94. The van der Waals surface area contributed by atoms with Crippen LogP contribution in [0.3, 0.4) is 0 Å². The topological polar surface area (TPSA) is 19.4 Å². The van der Waals surface area contributed by atoms with Crippen molar-refractivity contribution in [3.05, 3.63) is 35.9 Å². The van der Waals surface area contributed by atoms with Gasteiger partial charge in [-0.15, -0.1) is 0 Å². The van der Waals surface area contributed by atoms with E-state index >= 15 is 0 Å². The molecule has 1 fully saturated rings. The van der Waals surface area contributed by atoms with Crippen molar-refractivity contribution in [3.63, 3.8) is 0 Å². The van der Waals surface area contributed by atoms with Gasteiger partial charge in [0.05, 0.1) is 5.52 Å². The molecule has 1 aromatic heterocycles. The number of aromatic nitrogens is 1. The first-order valence-electron chi connectivity index (χ1n) is 7.60. The molecule has 20 heavy (non-hydrogen) atoms. The molecule has 0 atom stereocenters. The number of likely N-dealkylation sites (N-methyl/N-ethyl adjacent to an activating group) is 1. The number of pyridine rings is 1. The first-order chi connectivity index (χ1) is 9.78. The summed E-state index contributed by atoms with van der Waals surface area (Å²) in [6, 6.07) is 10.8. The minimum Gasteiger partial charge on any atom is -0.354 e. The van der Waals surface area contributed by atoms with E-state index in [1.54, 1.807) is 0 Å². The lowest BCUT2D eigenvalue weighted by atomic mass is 10.1. The molecule has 0 radical (unpaired) electrons. The molecular weight excluding hydrogens is 246 g/mol. The second-order valence-corrected chi connectivity index (χ2v) is 5.70. The standard InChI is InChI=1S/C17H23N3/c1-3-6-15-13-14-7-4-5-8-16(14)18-17(15)20-11-9-19(2)10-12-20/h4-5,7-8,13H,3,6,9-12H2,1-2H3. The maximum Gasteiger partial charge on any atom is 0.132 e. The highest BCUT2D eigenvalue weighted by atomic mass is 15.3. The van der Waals surface area contributed by atoms with Crippen molar-refractivity contribution in [2.45, 2.75) is 19.8 Å². The summed E-state index contributed by atoms with van der Waals surface area (Å²) in [7, 11) is 2.19. The van der Waals surface area contributed by atoms with Gasteiger partial charge in [-0.25, -0.2) is 4.98 Å². The summed E-state index contributed by atoms with van der Waals surface area (Å²) in [5.41, 5.74) is 2.51. The zero-order valence-corrected chi connectivity index (χ0v) is 12.5. The second-order valence-electron chi connectivity index (χ2n) is 5.70. The molecule has 3 rings (SSSR count). The molecule has 0 unspecified atom stereocenters. The maximum atomic E-state index is 4.95. The summed E-state index contributed by atoms with van der Waals surface area (Å²) in [4.78, 5) is 9.79. The van der Waals surface area contributed by atoms with Crippen LogP contribution in [0.4, 0.5) is 5.82 Å². The van der Waals surface area contributed by atoms with Gasteiger partial charge in [0.15, 0.2) is 0 Å². The lowest BCUT2D eigenvalue weighted by Gasteiger charge is -2.34. The van der Waals surface area contributed by atoms with E-state index < -0.39 is 0 Å². The summed E-state index contributed by atoms with van der Waals surface area (Å²) in [6.45, 7) is 6.65. The highest BCUT2D eigenvalue weighted by molar-refractivity contribution is 5.81. The average Bonchev–Trinajstić information content (AvgIpc) is 2.48. The van der Waals surface area contributed by atoms with E-state index in [0.29, 0.717) is 0 Å². The van der Waals surface area contributed by atoms with Gasteiger partial charge in [-0.1, -0.05) is 31.5 Å². The molecule has 1 aliphatic rings. The Balaban J connectivity index is 2.00. The van der Waals surface area contributed by atoms with Gasteiger partial charge < -0.3 is 9.80 Å². The number of hydrogen-bond acceptors (Lipinski definition) is 3. The molecule has 3 nitrogen and oxygen atoms in total. The van der Waals surface area contributed by atoms with Gasteiger partial charge in [0.2, 0.25) is 0 Å². The van der Waals surface area contributed by atoms with Crippen LogP contribution in [-0.2, 0) is 6.42 Å². The van der Waals surface area contributed by atoms with Crippen molar-refractivity contribution in [2.75, 3.05) is 38.1 Å². The molecule has 1 saturated heterocycles. The molecule has 2 heterocycles. The monoisotopic (exact) mass is 269 g/mol. The number of anilines is 1. The van der Waals surface area contributed by atoms with Crippen LogP contribution in [0.15, 0.2) is 30.3 Å². The van der Waals surface area contributed by atoms with Crippen molar-refractivity contribution < 1.29 is 0 Å². The molecule has 0 amide bonds. The molecule has 106 valence electrons. The molecule has 0 saturated carbocycles. The molecular formula is C17H23N3. The highest BCUT2D eigenvalue weighted by Gasteiger charge is 2.18. The number of fused-ring (bicyclic) bond motifs is 1. The lowest BCUT2D eigenvalue weighted by molar-refractivity contribution is 0.312. The molecule has 0 aliphatic carbocycles. The van der Waals surface area contributed by atoms with Gasteiger partial charge in [0, 0.05) is 31.6 Å². The lowest BCUT2D eigenvalue weighted by Crippen LogP contribution is -2.45. The number of hydrogen-bond donors (Lipinski definition) is 0. The third kappa shape index (κ3) is 2.63. The van der Waals surface area contributed by atoms with Gasteiger partial charge in [-0.3, -0.25) is 0 Å². The van der Waals surface area contributed by atoms with Crippen molar-refractivity contribution in [3.8, 4) is 0 Å². The molecule has 3 heteroatoms. The summed E-state index contributed by atoms with van der Waals surface area (Å²) in [5, 5.41) is 1.26. The van der Waals surface area contributed by atoms with Crippen LogP contribution in [0, 0.1) is 0 Å². The van der Waals surface area contributed by atoms with Gasteiger partial charge in [0.1, 0.15) is 5.82 Å². The largest absolute Gasteiger partial charge is 0.354 e. The van der Waals surface area contributed by atoms with Gasteiger partial charge in [-0.2, -0.15) is 0 Å². The zero-order valence-electron chi connectivity index (χ0n) is 12.5. The maximum absolute atomic E-state index is 4.95. The second kappa shape index (κ2) is 5.80. The van der Waals surface area contributed by atoms with Gasteiger partial charge >= 0.3 is 0 Å². The first kappa shape index (κ1) is 13.4. The summed E-state index contributed by atoms with van der Waals surface area (Å²) < 4.78 is 0. The third-order valence-electron chi connectivity index (χ3n) is 4.10. The molecule has 0 N–H and O–H groups in total. The summed E-state index contributed by atoms with van der Waals surface area (Å²) >= 11 is 0. The Bertz CT molecular complexity index is 586. The van der Waals surface area contributed by atoms with E-state index in [4.69, 9.17) is 4.98 Å². The first-order valence-corrected chi connectivity index (χ1v) is 7.60. The number of aryl methyl sites for hydroxylation is 1. The fraction of sp³-hybridized carbons (Fsp3) is 0.471. The minimum atomic E-state index is 1.08. The van der Waals surface area contributed by atoms with E-state index in [1.165, 1.54) is 23.2 Å². The fourth-order valence-electron chi connectivity index (χ4n) is 2.89. The zero-order chi connectivity index (χ0) is 13.9. The van der Waals surface area contributed by atoms with Gasteiger partial charge in [-0.05, 0) is 31.2 Å². The Hall–Kier alpha value is -1.61. The van der Waals surface area contributed by atoms with Crippen LogP contribution >= 0.6 is 0 Å². The van der Waals surface area contributed by atoms with E-state index in [9.17, 15) is 0 Å². The molecule has 2 aromatic rings. The van der Waals surface area contributed by atoms with Crippen molar-refractivity contribution in [2.24, 2.45) is 0 Å².